The van der Waals surface area contributed by atoms with Crippen molar-refractivity contribution in [1.82, 2.24) is 24.1 Å². The van der Waals surface area contributed by atoms with Crippen LogP contribution in [-0.4, -0.2) is 41.8 Å². The van der Waals surface area contributed by atoms with Gasteiger partial charge in [-0.25, -0.2) is 23.3 Å². The Morgan fingerprint density at radius 3 is 2.68 bits per heavy atom. The second-order valence-corrected chi connectivity index (χ2v) is 8.25. The number of pyridine rings is 1. The molecule has 0 fully saturated rings. The van der Waals surface area contributed by atoms with Crippen LogP contribution >= 0.6 is 0 Å². The SMILES string of the molecule is Cc1cc(-c2c(-c3ccc(F)cc3)nc(N)n3c(=O)n(CC4CCCN=N4)nc23)cc(CO)n1. The van der Waals surface area contributed by atoms with E-state index in [9.17, 15) is 14.3 Å². The molecule has 1 aromatic carbocycles. The highest BCUT2D eigenvalue weighted by Gasteiger charge is 2.23. The molecule has 0 aliphatic carbocycles. The van der Waals surface area contributed by atoms with Gasteiger partial charge in [0.05, 0.1) is 42.7 Å². The van der Waals surface area contributed by atoms with Gasteiger partial charge in [-0.15, -0.1) is 5.10 Å². The van der Waals surface area contributed by atoms with Gasteiger partial charge in [0.2, 0.25) is 5.95 Å². The van der Waals surface area contributed by atoms with Crippen LogP contribution in [0.15, 0.2) is 51.4 Å². The van der Waals surface area contributed by atoms with Crippen molar-refractivity contribution in [2.24, 2.45) is 10.2 Å². The number of anilines is 1. The number of aromatic nitrogens is 5. The fourth-order valence-corrected chi connectivity index (χ4v) is 4.22. The zero-order valence-corrected chi connectivity index (χ0v) is 18.5. The van der Waals surface area contributed by atoms with Crippen LogP contribution in [0.25, 0.3) is 28.0 Å². The highest BCUT2D eigenvalue weighted by molar-refractivity contribution is 5.90. The third kappa shape index (κ3) is 3.94. The number of nitrogens with zero attached hydrogens (tertiary/aromatic N) is 7. The van der Waals surface area contributed by atoms with E-state index in [2.05, 4.69) is 25.3 Å². The predicted molar refractivity (Wildman–Crippen MR) is 124 cm³/mol. The Morgan fingerprint density at radius 1 is 1.18 bits per heavy atom. The van der Waals surface area contributed by atoms with Crippen molar-refractivity contribution in [2.75, 3.05) is 12.3 Å². The summed E-state index contributed by atoms with van der Waals surface area (Å²) in [5.41, 5.74) is 9.47. The Morgan fingerprint density at radius 2 is 1.97 bits per heavy atom. The number of aliphatic hydroxyl groups excluding tert-OH is 1. The van der Waals surface area contributed by atoms with Gasteiger partial charge in [0.15, 0.2) is 5.65 Å². The zero-order chi connectivity index (χ0) is 23.8. The van der Waals surface area contributed by atoms with Crippen molar-refractivity contribution in [2.45, 2.75) is 39.0 Å². The van der Waals surface area contributed by atoms with E-state index in [4.69, 9.17) is 5.73 Å². The standard InChI is InChI=1S/C23H23FN8O2/c1-13-9-15(10-18(12-33)27-13)19-20(14-4-6-16(24)7-5-14)28-22(25)32-21(19)30-31(23(32)34)11-17-3-2-8-26-29-17/h4-7,9-10,17,33H,2-3,8,11-12H2,1H3,(H2,25,28). The fraction of sp³-hybridized carbons (Fsp3) is 0.304. The van der Waals surface area contributed by atoms with Crippen molar-refractivity contribution >= 4 is 11.6 Å². The molecule has 4 heterocycles. The molecule has 5 rings (SSSR count). The molecular weight excluding hydrogens is 439 g/mol. The molecule has 0 bridgehead atoms. The summed E-state index contributed by atoms with van der Waals surface area (Å²) in [4.78, 5) is 22.1. The first kappa shape index (κ1) is 21.8. The summed E-state index contributed by atoms with van der Waals surface area (Å²) < 4.78 is 16.2. The number of halogens is 1. The molecule has 3 aromatic heterocycles. The quantitative estimate of drug-likeness (QED) is 0.468. The Bertz CT molecular complexity index is 1460. The first-order valence-corrected chi connectivity index (χ1v) is 10.9. The third-order valence-electron chi connectivity index (χ3n) is 5.75. The van der Waals surface area contributed by atoms with Gasteiger partial charge in [0.25, 0.3) is 0 Å². The van der Waals surface area contributed by atoms with Gasteiger partial charge in [-0.1, -0.05) is 0 Å². The number of aryl methyl sites for hydroxylation is 1. The van der Waals surface area contributed by atoms with Crippen LogP contribution in [-0.2, 0) is 13.2 Å². The number of rotatable bonds is 5. The van der Waals surface area contributed by atoms with Gasteiger partial charge in [-0.2, -0.15) is 10.2 Å². The van der Waals surface area contributed by atoms with Crippen molar-refractivity contribution in [3.05, 3.63) is 64.1 Å². The van der Waals surface area contributed by atoms with E-state index in [1.54, 1.807) is 25.1 Å². The lowest BCUT2D eigenvalue weighted by Gasteiger charge is -2.13. The maximum Gasteiger partial charge on any atom is 0.353 e. The molecule has 1 aliphatic heterocycles. The number of nitrogens with two attached hydrogens (primary N) is 1. The van der Waals surface area contributed by atoms with Gasteiger partial charge >= 0.3 is 5.69 Å². The average Bonchev–Trinajstić information content (AvgIpc) is 3.15. The van der Waals surface area contributed by atoms with Crippen LogP contribution in [0.3, 0.4) is 0 Å². The van der Waals surface area contributed by atoms with Gasteiger partial charge < -0.3 is 10.8 Å². The molecule has 34 heavy (non-hydrogen) atoms. The summed E-state index contributed by atoms with van der Waals surface area (Å²) in [6.45, 7) is 2.51. The van der Waals surface area contributed by atoms with E-state index in [1.807, 2.05) is 6.07 Å². The monoisotopic (exact) mass is 462 g/mol. The Hall–Kier alpha value is -3.99. The predicted octanol–water partition coefficient (Wildman–Crippen LogP) is 2.76. The summed E-state index contributed by atoms with van der Waals surface area (Å²) in [6.07, 6.45) is 1.72. The lowest BCUT2D eigenvalue weighted by Crippen LogP contribution is -2.28. The molecule has 0 radical (unpaired) electrons. The van der Waals surface area contributed by atoms with Crippen LogP contribution in [0.2, 0.25) is 0 Å². The summed E-state index contributed by atoms with van der Waals surface area (Å²) >= 11 is 0. The van der Waals surface area contributed by atoms with Gasteiger partial charge in [0, 0.05) is 11.3 Å². The van der Waals surface area contributed by atoms with E-state index < -0.39 is 5.69 Å². The molecule has 0 spiro atoms. The summed E-state index contributed by atoms with van der Waals surface area (Å²) in [5, 5.41) is 22.7. The molecule has 174 valence electrons. The van der Waals surface area contributed by atoms with Gasteiger partial charge in [-0.3, -0.25) is 4.98 Å². The lowest BCUT2D eigenvalue weighted by molar-refractivity contribution is 0.276. The fourth-order valence-electron chi connectivity index (χ4n) is 4.22. The molecule has 11 heteroatoms. The molecule has 0 saturated heterocycles. The number of fused-ring (bicyclic) bond motifs is 1. The van der Waals surface area contributed by atoms with Crippen LogP contribution < -0.4 is 11.4 Å². The number of nitrogen functional groups attached to an aromatic ring is 1. The second-order valence-electron chi connectivity index (χ2n) is 8.25. The molecular formula is C23H23FN8O2. The summed E-state index contributed by atoms with van der Waals surface area (Å²) in [5.74, 6) is -0.420. The van der Waals surface area contributed by atoms with Crippen LogP contribution in [0.4, 0.5) is 10.3 Å². The van der Waals surface area contributed by atoms with Gasteiger partial charge in [0.1, 0.15) is 5.82 Å². The van der Waals surface area contributed by atoms with Crippen LogP contribution in [0, 0.1) is 12.7 Å². The number of hydrogen-bond acceptors (Lipinski definition) is 8. The van der Waals surface area contributed by atoms with Crippen molar-refractivity contribution in [1.29, 1.82) is 0 Å². The van der Waals surface area contributed by atoms with E-state index >= 15 is 0 Å². The Kier molecular flexibility index (Phi) is 5.62. The number of azo groups is 1. The Balaban J connectivity index is 1.79. The topological polar surface area (TPSA) is 136 Å². The van der Waals surface area contributed by atoms with Crippen LogP contribution in [0.1, 0.15) is 24.2 Å². The molecule has 1 atom stereocenters. The largest absolute Gasteiger partial charge is 0.390 e. The average molecular weight is 462 g/mol. The molecule has 1 unspecified atom stereocenters. The number of benzene rings is 1. The van der Waals surface area contributed by atoms with E-state index in [0.717, 1.165) is 12.8 Å². The molecule has 10 nitrogen and oxygen atoms in total. The van der Waals surface area contributed by atoms with Crippen molar-refractivity contribution in [3.63, 3.8) is 0 Å². The van der Waals surface area contributed by atoms with E-state index in [1.165, 1.54) is 21.2 Å². The molecule has 3 N–H and O–H groups in total. The molecule has 0 saturated carbocycles. The van der Waals surface area contributed by atoms with E-state index in [-0.39, 0.29) is 31.0 Å². The minimum Gasteiger partial charge on any atom is -0.390 e. The first-order chi connectivity index (χ1) is 16.4. The second kappa shape index (κ2) is 8.75. The minimum absolute atomic E-state index is 0.0345. The summed E-state index contributed by atoms with van der Waals surface area (Å²) in [7, 11) is 0. The Labute approximate surface area is 193 Å². The lowest BCUT2D eigenvalue weighted by atomic mass is 9.99. The van der Waals surface area contributed by atoms with Crippen molar-refractivity contribution in [3.8, 4) is 22.4 Å². The van der Waals surface area contributed by atoms with E-state index in [0.29, 0.717) is 46.0 Å². The minimum atomic E-state index is -0.430. The van der Waals surface area contributed by atoms with Gasteiger partial charge in [-0.05, 0) is 61.7 Å². The molecule has 1 aliphatic rings. The highest BCUT2D eigenvalue weighted by atomic mass is 19.1. The van der Waals surface area contributed by atoms with Crippen molar-refractivity contribution < 1.29 is 9.50 Å². The normalized spacial score (nSPS) is 15.8. The maximum atomic E-state index is 13.6. The van der Waals surface area contributed by atoms with Crippen LogP contribution in [0.5, 0.6) is 0 Å². The highest BCUT2D eigenvalue weighted by Crippen LogP contribution is 2.35. The molecule has 0 amide bonds. The zero-order valence-electron chi connectivity index (χ0n) is 18.5. The number of hydrogen-bond donors (Lipinski definition) is 2. The molecule has 4 aromatic rings. The third-order valence-corrected chi connectivity index (χ3v) is 5.75. The maximum absolute atomic E-state index is 13.6. The summed E-state index contributed by atoms with van der Waals surface area (Å²) in [6, 6.07) is 9.23. The number of aliphatic hydroxyl groups is 1. The smallest absolute Gasteiger partial charge is 0.353 e. The first-order valence-electron chi connectivity index (χ1n) is 10.9.